The lowest BCUT2D eigenvalue weighted by Gasteiger charge is -2.41. The standard InChI is InChI=1S/C19H28N2O4/c1-12(2)10-13(20(18(23)24)19(3,4)5)11-16-17(22)14-8-6-7-9-15(14)21(16)25/h6-9,12-13,16,25H,10-11H2,1-5H3,(H,23,24). The fraction of sp³-hybridized carbons (Fsp3) is 0.579. The van der Waals surface area contributed by atoms with Crippen LogP contribution in [0.2, 0.25) is 0 Å². The number of carboxylic acid groups (broad SMARTS) is 1. The maximum absolute atomic E-state index is 12.7. The molecule has 6 heteroatoms. The Morgan fingerprint density at radius 2 is 1.88 bits per heavy atom. The van der Waals surface area contributed by atoms with E-state index in [1.165, 1.54) is 4.90 Å². The molecule has 0 fully saturated rings. The van der Waals surface area contributed by atoms with Crippen molar-refractivity contribution >= 4 is 17.6 Å². The van der Waals surface area contributed by atoms with Crippen molar-refractivity contribution < 1.29 is 19.9 Å². The average Bonchev–Trinajstić information content (AvgIpc) is 2.70. The third kappa shape index (κ3) is 3.95. The second-order valence-electron chi connectivity index (χ2n) is 8.08. The zero-order chi connectivity index (χ0) is 18.9. The van der Waals surface area contributed by atoms with Gasteiger partial charge in [-0.1, -0.05) is 26.0 Å². The number of hydrogen-bond acceptors (Lipinski definition) is 4. The molecule has 0 aliphatic carbocycles. The van der Waals surface area contributed by atoms with Crippen molar-refractivity contribution in [2.24, 2.45) is 5.92 Å². The van der Waals surface area contributed by atoms with Crippen LogP contribution in [0.1, 0.15) is 57.8 Å². The molecule has 1 aromatic rings. The molecule has 2 N–H and O–H groups in total. The number of amides is 1. The van der Waals surface area contributed by atoms with E-state index in [1.807, 2.05) is 34.6 Å². The Balaban J connectivity index is 2.32. The lowest BCUT2D eigenvalue weighted by molar-refractivity contribution is 0.0507. The molecule has 0 bridgehead atoms. The van der Waals surface area contributed by atoms with E-state index in [0.29, 0.717) is 17.7 Å². The number of rotatable bonds is 5. The second kappa shape index (κ2) is 7.04. The number of ketones is 1. The molecule has 25 heavy (non-hydrogen) atoms. The fourth-order valence-corrected chi connectivity index (χ4v) is 3.65. The molecule has 0 saturated heterocycles. The third-order valence-corrected chi connectivity index (χ3v) is 4.55. The minimum Gasteiger partial charge on any atom is -0.465 e. The Kier molecular flexibility index (Phi) is 5.42. The van der Waals surface area contributed by atoms with Crippen molar-refractivity contribution in [1.29, 1.82) is 0 Å². The van der Waals surface area contributed by atoms with Gasteiger partial charge in [0.1, 0.15) is 6.04 Å². The van der Waals surface area contributed by atoms with Gasteiger partial charge in [-0.15, -0.1) is 0 Å². The summed E-state index contributed by atoms with van der Waals surface area (Å²) in [5.74, 6) is 0.103. The van der Waals surface area contributed by atoms with Crippen LogP contribution in [0, 0.1) is 5.92 Å². The highest BCUT2D eigenvalue weighted by Gasteiger charge is 2.42. The van der Waals surface area contributed by atoms with Gasteiger partial charge in [0, 0.05) is 17.1 Å². The normalized spacial score (nSPS) is 18.4. The topological polar surface area (TPSA) is 81.1 Å². The second-order valence-corrected chi connectivity index (χ2v) is 8.08. The average molecular weight is 348 g/mol. The number of fused-ring (bicyclic) bond motifs is 1. The molecule has 1 amide bonds. The van der Waals surface area contributed by atoms with Crippen LogP contribution in [0.15, 0.2) is 24.3 Å². The number of carbonyl (C=O) groups is 2. The molecule has 1 heterocycles. The molecule has 1 aliphatic heterocycles. The molecule has 1 aliphatic rings. The number of Topliss-reactive ketones (excluding diaryl/α,β-unsaturated/α-hetero) is 1. The first-order valence-corrected chi connectivity index (χ1v) is 8.67. The van der Waals surface area contributed by atoms with Crippen molar-refractivity contribution in [2.45, 2.75) is 65.1 Å². The van der Waals surface area contributed by atoms with Gasteiger partial charge < -0.3 is 10.0 Å². The number of para-hydroxylation sites is 1. The summed E-state index contributed by atoms with van der Waals surface area (Å²) in [5.41, 5.74) is 0.370. The molecule has 2 unspecified atom stereocenters. The first-order chi connectivity index (χ1) is 11.5. The maximum atomic E-state index is 12.7. The van der Waals surface area contributed by atoms with Crippen molar-refractivity contribution in [3.63, 3.8) is 0 Å². The van der Waals surface area contributed by atoms with Crippen LogP contribution in [0.5, 0.6) is 0 Å². The molecule has 0 radical (unpaired) electrons. The van der Waals surface area contributed by atoms with E-state index in [1.54, 1.807) is 24.3 Å². The molecule has 1 aromatic carbocycles. The van der Waals surface area contributed by atoms with Crippen LogP contribution < -0.4 is 5.06 Å². The zero-order valence-corrected chi connectivity index (χ0v) is 15.6. The SMILES string of the molecule is CC(C)CC(CC1C(=O)c2ccccc2N1O)N(C(=O)O)C(C)(C)C. The van der Waals surface area contributed by atoms with Gasteiger partial charge in [0.2, 0.25) is 0 Å². The first kappa shape index (κ1) is 19.2. The van der Waals surface area contributed by atoms with Crippen LogP contribution >= 0.6 is 0 Å². The van der Waals surface area contributed by atoms with Crippen LogP contribution in [-0.4, -0.2) is 44.7 Å². The van der Waals surface area contributed by atoms with E-state index < -0.39 is 17.7 Å². The number of hydroxylamine groups is 1. The van der Waals surface area contributed by atoms with Gasteiger partial charge in [-0.05, 0) is 51.7 Å². The number of carbonyl (C=O) groups excluding carboxylic acids is 1. The Bertz CT molecular complexity index is 651. The molecule has 2 atom stereocenters. The number of nitrogens with zero attached hydrogens (tertiary/aromatic N) is 2. The minimum atomic E-state index is -1.01. The van der Waals surface area contributed by atoms with Crippen molar-refractivity contribution in [3.05, 3.63) is 29.8 Å². The van der Waals surface area contributed by atoms with E-state index in [9.17, 15) is 19.9 Å². The van der Waals surface area contributed by atoms with Crippen molar-refractivity contribution in [3.8, 4) is 0 Å². The van der Waals surface area contributed by atoms with Crippen LogP contribution in [0.25, 0.3) is 0 Å². The van der Waals surface area contributed by atoms with E-state index >= 15 is 0 Å². The summed E-state index contributed by atoms with van der Waals surface area (Å²) in [6.07, 6.45) is -0.130. The lowest BCUT2D eigenvalue weighted by Crippen LogP contribution is -2.53. The van der Waals surface area contributed by atoms with Gasteiger partial charge in [-0.25, -0.2) is 9.86 Å². The molecule has 138 valence electrons. The maximum Gasteiger partial charge on any atom is 0.407 e. The third-order valence-electron chi connectivity index (χ3n) is 4.55. The van der Waals surface area contributed by atoms with Gasteiger partial charge >= 0.3 is 6.09 Å². The number of hydrogen-bond donors (Lipinski definition) is 2. The minimum absolute atomic E-state index is 0.161. The molecule has 2 rings (SSSR count). The van der Waals surface area contributed by atoms with Gasteiger partial charge in [0.25, 0.3) is 0 Å². The van der Waals surface area contributed by atoms with Gasteiger partial charge in [-0.2, -0.15) is 0 Å². The molecule has 0 aromatic heterocycles. The summed E-state index contributed by atoms with van der Waals surface area (Å²) in [7, 11) is 0. The highest BCUT2D eigenvalue weighted by molar-refractivity contribution is 6.10. The monoisotopic (exact) mass is 348 g/mol. The van der Waals surface area contributed by atoms with Crippen molar-refractivity contribution in [1.82, 2.24) is 4.90 Å². The Labute approximate surface area is 149 Å². The van der Waals surface area contributed by atoms with Crippen LogP contribution in [0.3, 0.4) is 0 Å². The van der Waals surface area contributed by atoms with E-state index in [4.69, 9.17) is 0 Å². The van der Waals surface area contributed by atoms with E-state index in [-0.39, 0.29) is 24.2 Å². The Morgan fingerprint density at radius 1 is 1.28 bits per heavy atom. The Morgan fingerprint density at radius 3 is 2.36 bits per heavy atom. The summed E-state index contributed by atoms with van der Waals surface area (Å²) in [4.78, 5) is 26.0. The van der Waals surface area contributed by atoms with Crippen molar-refractivity contribution in [2.75, 3.05) is 5.06 Å². The summed E-state index contributed by atoms with van der Waals surface area (Å²) in [5, 5.41) is 21.2. The molecule has 6 nitrogen and oxygen atoms in total. The smallest absolute Gasteiger partial charge is 0.407 e. The summed E-state index contributed by atoms with van der Waals surface area (Å²) < 4.78 is 0. The highest BCUT2D eigenvalue weighted by Crippen LogP contribution is 2.35. The predicted octanol–water partition coefficient (Wildman–Crippen LogP) is 4.03. The summed E-state index contributed by atoms with van der Waals surface area (Å²) in [6.45, 7) is 9.58. The zero-order valence-electron chi connectivity index (χ0n) is 15.6. The first-order valence-electron chi connectivity index (χ1n) is 8.67. The summed E-state index contributed by atoms with van der Waals surface area (Å²) >= 11 is 0. The van der Waals surface area contributed by atoms with Crippen LogP contribution in [0.4, 0.5) is 10.5 Å². The fourth-order valence-electron chi connectivity index (χ4n) is 3.65. The highest BCUT2D eigenvalue weighted by atomic mass is 16.5. The lowest BCUT2D eigenvalue weighted by atomic mass is 9.91. The quantitative estimate of drug-likeness (QED) is 0.839. The van der Waals surface area contributed by atoms with Gasteiger partial charge in [0.05, 0.1) is 5.69 Å². The van der Waals surface area contributed by atoms with E-state index in [2.05, 4.69) is 0 Å². The largest absolute Gasteiger partial charge is 0.465 e. The molecule has 0 saturated carbocycles. The predicted molar refractivity (Wildman–Crippen MR) is 96.3 cm³/mol. The molecular weight excluding hydrogens is 320 g/mol. The molecular formula is C19H28N2O4. The number of anilines is 1. The van der Waals surface area contributed by atoms with Crippen LogP contribution in [-0.2, 0) is 0 Å². The van der Waals surface area contributed by atoms with E-state index in [0.717, 1.165) is 5.06 Å². The summed E-state index contributed by atoms with van der Waals surface area (Å²) in [6, 6.07) is 5.79. The van der Waals surface area contributed by atoms with Gasteiger partial charge in [0.15, 0.2) is 5.78 Å². The Hall–Kier alpha value is -2.08. The van der Waals surface area contributed by atoms with Gasteiger partial charge in [-0.3, -0.25) is 10.0 Å². The molecule has 0 spiro atoms. The number of benzene rings is 1.